The third-order valence-electron chi connectivity index (χ3n) is 4.82. The number of hydrogen-bond donors (Lipinski definition) is 2. The molecule has 0 unspecified atom stereocenters. The van der Waals surface area contributed by atoms with E-state index in [2.05, 4.69) is 25.3 Å². The number of guanidine groups is 1. The number of hydrogen-bond acceptors (Lipinski definition) is 4. The Hall–Kier alpha value is -2.49. The van der Waals surface area contributed by atoms with E-state index in [1.807, 2.05) is 6.92 Å². The van der Waals surface area contributed by atoms with Crippen LogP contribution in [0.1, 0.15) is 25.3 Å². The molecule has 0 aliphatic carbocycles. The van der Waals surface area contributed by atoms with Crippen LogP contribution in [0.5, 0.6) is 5.75 Å². The molecule has 1 fully saturated rings. The summed E-state index contributed by atoms with van der Waals surface area (Å²) in [4.78, 5) is 19.9. The Bertz CT molecular complexity index is 722. The summed E-state index contributed by atoms with van der Waals surface area (Å²) in [5.74, 6) is -0.315. The maximum Gasteiger partial charge on any atom is 0.387 e. The summed E-state index contributed by atoms with van der Waals surface area (Å²) >= 11 is 0. The van der Waals surface area contributed by atoms with Crippen molar-refractivity contribution in [3.63, 3.8) is 0 Å². The third-order valence-corrected chi connectivity index (χ3v) is 4.82. The van der Waals surface area contributed by atoms with Crippen molar-refractivity contribution in [1.82, 2.24) is 20.4 Å². The molecule has 2 rings (SSSR count). The van der Waals surface area contributed by atoms with Gasteiger partial charge in [0.1, 0.15) is 11.6 Å². The fourth-order valence-electron chi connectivity index (χ4n) is 3.14. The molecule has 0 aromatic heterocycles. The van der Waals surface area contributed by atoms with Gasteiger partial charge in [0, 0.05) is 39.8 Å². The van der Waals surface area contributed by atoms with Gasteiger partial charge in [-0.25, -0.2) is 9.38 Å². The summed E-state index contributed by atoms with van der Waals surface area (Å²) in [6.45, 7) is 1.27. The fraction of sp³-hybridized carbons (Fsp3) is 0.600. The smallest absolute Gasteiger partial charge is 0.387 e. The number of aliphatic imine (C=N–C) groups is 1. The number of alkyl halides is 2. The average molecular weight is 429 g/mol. The van der Waals surface area contributed by atoms with Gasteiger partial charge in [0.25, 0.3) is 0 Å². The number of ether oxygens (including phenoxy) is 1. The van der Waals surface area contributed by atoms with Crippen molar-refractivity contribution in [3.8, 4) is 5.75 Å². The van der Waals surface area contributed by atoms with Gasteiger partial charge >= 0.3 is 6.61 Å². The van der Waals surface area contributed by atoms with E-state index < -0.39 is 12.4 Å². The van der Waals surface area contributed by atoms with Crippen molar-refractivity contribution in [2.45, 2.75) is 39.0 Å². The molecule has 10 heteroatoms. The van der Waals surface area contributed by atoms with E-state index >= 15 is 0 Å². The van der Waals surface area contributed by atoms with Crippen LogP contribution < -0.4 is 15.4 Å². The second kappa shape index (κ2) is 11.6. The molecule has 1 aliphatic heterocycles. The molecule has 0 atom stereocenters. The van der Waals surface area contributed by atoms with E-state index in [0.29, 0.717) is 19.0 Å². The number of amides is 1. The average Bonchev–Trinajstić information content (AvgIpc) is 2.68. The highest BCUT2D eigenvalue weighted by molar-refractivity contribution is 5.80. The Kier molecular flexibility index (Phi) is 9.22. The lowest BCUT2D eigenvalue weighted by Crippen LogP contribution is -2.50. The predicted octanol–water partition coefficient (Wildman–Crippen LogP) is 2.03. The quantitative estimate of drug-likeness (QED) is 0.489. The second-order valence-corrected chi connectivity index (χ2v) is 7.27. The number of halogens is 3. The first kappa shape index (κ1) is 23.8. The summed E-state index contributed by atoms with van der Waals surface area (Å²) in [7, 11) is 3.48. The van der Waals surface area contributed by atoms with E-state index in [4.69, 9.17) is 0 Å². The lowest BCUT2D eigenvalue weighted by atomic mass is 10.1. The number of carbonyl (C=O) groups is 1. The molecule has 0 bridgehead atoms. The van der Waals surface area contributed by atoms with Crippen molar-refractivity contribution >= 4 is 11.9 Å². The zero-order valence-electron chi connectivity index (χ0n) is 17.6. The topological polar surface area (TPSA) is 69.2 Å². The summed E-state index contributed by atoms with van der Waals surface area (Å²) in [5, 5.41) is 6.40. The Morgan fingerprint density at radius 1 is 1.33 bits per heavy atom. The molecule has 1 aromatic carbocycles. The van der Waals surface area contributed by atoms with Gasteiger partial charge in [0.15, 0.2) is 5.96 Å². The fourth-order valence-corrected chi connectivity index (χ4v) is 3.14. The van der Waals surface area contributed by atoms with Crippen molar-refractivity contribution in [2.75, 3.05) is 40.3 Å². The Labute approximate surface area is 175 Å². The van der Waals surface area contributed by atoms with E-state index in [-0.39, 0.29) is 29.8 Å². The standard InChI is InChI=1S/C20H30F3N5O2/c1-4-24-20(25-12-15-16(21)6-5-7-17(15)30-19(22)23)26-14-8-10-28(11-9-14)13-18(29)27(2)3/h5-7,14,19H,4,8-13H2,1-3H3,(H2,24,25,26). The molecule has 0 radical (unpaired) electrons. The number of benzene rings is 1. The van der Waals surface area contributed by atoms with Crippen LogP contribution in [0.2, 0.25) is 0 Å². The van der Waals surface area contributed by atoms with Gasteiger partial charge < -0.3 is 20.3 Å². The molecule has 1 aromatic rings. The minimum Gasteiger partial charge on any atom is -0.434 e. The molecule has 168 valence electrons. The van der Waals surface area contributed by atoms with Gasteiger partial charge in [-0.1, -0.05) is 6.07 Å². The SMILES string of the molecule is CCNC(=NCc1c(F)cccc1OC(F)F)NC1CCN(CC(=O)N(C)C)CC1. The van der Waals surface area contributed by atoms with Gasteiger partial charge in [0.05, 0.1) is 18.7 Å². The van der Waals surface area contributed by atoms with Crippen LogP contribution in [0.25, 0.3) is 0 Å². The van der Waals surface area contributed by atoms with Gasteiger partial charge in [-0.05, 0) is 31.9 Å². The van der Waals surface area contributed by atoms with Crippen LogP contribution in [-0.4, -0.2) is 74.6 Å². The Morgan fingerprint density at radius 3 is 2.63 bits per heavy atom. The summed E-state index contributed by atoms with van der Waals surface area (Å²) in [5.41, 5.74) is -0.0213. The number of rotatable bonds is 8. The molecular formula is C20H30F3N5O2. The highest BCUT2D eigenvalue weighted by Gasteiger charge is 2.22. The van der Waals surface area contributed by atoms with Gasteiger partial charge in [-0.15, -0.1) is 0 Å². The lowest BCUT2D eigenvalue weighted by molar-refractivity contribution is -0.130. The van der Waals surface area contributed by atoms with E-state index in [1.165, 1.54) is 18.2 Å². The number of likely N-dealkylation sites (N-methyl/N-ethyl adjacent to an activating group) is 1. The highest BCUT2D eigenvalue weighted by Crippen LogP contribution is 2.24. The largest absolute Gasteiger partial charge is 0.434 e. The second-order valence-electron chi connectivity index (χ2n) is 7.27. The monoisotopic (exact) mass is 429 g/mol. The molecule has 1 aliphatic rings. The van der Waals surface area contributed by atoms with Crippen LogP contribution >= 0.6 is 0 Å². The van der Waals surface area contributed by atoms with E-state index in [9.17, 15) is 18.0 Å². The molecule has 7 nitrogen and oxygen atoms in total. The predicted molar refractivity (Wildman–Crippen MR) is 109 cm³/mol. The molecule has 1 amide bonds. The van der Waals surface area contributed by atoms with E-state index in [1.54, 1.807) is 19.0 Å². The van der Waals surface area contributed by atoms with Gasteiger partial charge in [-0.3, -0.25) is 9.69 Å². The van der Waals surface area contributed by atoms with E-state index in [0.717, 1.165) is 25.9 Å². The zero-order chi connectivity index (χ0) is 22.1. The maximum absolute atomic E-state index is 14.1. The summed E-state index contributed by atoms with van der Waals surface area (Å²) in [6.07, 6.45) is 1.65. The Balaban J connectivity index is 1.97. The van der Waals surface area contributed by atoms with Crippen molar-refractivity contribution in [2.24, 2.45) is 4.99 Å². The van der Waals surface area contributed by atoms with Crippen LogP contribution in [0.4, 0.5) is 13.2 Å². The molecule has 1 heterocycles. The highest BCUT2D eigenvalue weighted by atomic mass is 19.3. The van der Waals surface area contributed by atoms with Crippen LogP contribution in [0, 0.1) is 5.82 Å². The molecule has 30 heavy (non-hydrogen) atoms. The van der Waals surface area contributed by atoms with Crippen LogP contribution in [0.3, 0.4) is 0 Å². The molecule has 1 saturated heterocycles. The molecule has 0 saturated carbocycles. The number of piperidine rings is 1. The lowest BCUT2D eigenvalue weighted by Gasteiger charge is -2.33. The van der Waals surface area contributed by atoms with Crippen LogP contribution in [0.15, 0.2) is 23.2 Å². The third kappa shape index (κ3) is 7.40. The van der Waals surface area contributed by atoms with Crippen molar-refractivity contribution in [3.05, 3.63) is 29.6 Å². The number of carbonyl (C=O) groups excluding carboxylic acids is 1. The number of nitrogens with one attached hydrogen (secondary N) is 2. The first-order valence-corrected chi connectivity index (χ1v) is 9.99. The van der Waals surface area contributed by atoms with Crippen molar-refractivity contribution in [1.29, 1.82) is 0 Å². The minimum atomic E-state index is -3.04. The van der Waals surface area contributed by atoms with Gasteiger partial charge in [0.2, 0.25) is 5.91 Å². The van der Waals surface area contributed by atoms with Crippen LogP contribution in [-0.2, 0) is 11.3 Å². The zero-order valence-corrected chi connectivity index (χ0v) is 17.6. The number of likely N-dealkylation sites (tertiary alicyclic amines) is 1. The first-order valence-electron chi connectivity index (χ1n) is 9.99. The molecule has 0 spiro atoms. The normalized spacial score (nSPS) is 15.9. The van der Waals surface area contributed by atoms with Gasteiger partial charge in [-0.2, -0.15) is 8.78 Å². The van der Waals surface area contributed by atoms with Crippen molar-refractivity contribution < 1.29 is 22.7 Å². The minimum absolute atomic E-state index is 0.0213. The maximum atomic E-state index is 14.1. The molecule has 2 N–H and O–H groups in total. The number of nitrogens with zero attached hydrogens (tertiary/aromatic N) is 3. The summed E-state index contributed by atoms with van der Waals surface area (Å²) in [6, 6.07) is 3.95. The summed E-state index contributed by atoms with van der Waals surface area (Å²) < 4.78 is 43.7. The first-order chi connectivity index (χ1) is 14.3. The molecular weight excluding hydrogens is 399 g/mol. The Morgan fingerprint density at radius 2 is 2.03 bits per heavy atom.